The minimum atomic E-state index is -0.114. The Hall–Kier alpha value is -4.11. The van der Waals surface area contributed by atoms with Crippen LogP contribution in [0.3, 0.4) is 0 Å². The van der Waals surface area contributed by atoms with Gasteiger partial charge in [0.05, 0.1) is 38.8 Å². The highest BCUT2D eigenvalue weighted by Gasteiger charge is 2.28. The fourth-order valence-electron chi connectivity index (χ4n) is 5.22. The minimum absolute atomic E-state index is 0.0268. The zero-order valence-corrected chi connectivity index (χ0v) is 23.1. The zero-order chi connectivity index (χ0) is 27.5. The lowest BCUT2D eigenvalue weighted by atomic mass is 10.0. The molecule has 0 unspecified atom stereocenters. The molecule has 5 rings (SSSR count). The molecule has 2 aromatic carbocycles. The molecule has 0 aliphatic carbocycles. The molecule has 1 aliphatic heterocycles. The second-order valence-corrected chi connectivity index (χ2v) is 9.68. The first-order valence-electron chi connectivity index (χ1n) is 13.0. The van der Waals surface area contributed by atoms with Crippen LogP contribution in [0.15, 0.2) is 48.5 Å². The number of benzene rings is 2. The van der Waals surface area contributed by atoms with Gasteiger partial charge in [0, 0.05) is 37.7 Å². The van der Waals surface area contributed by atoms with Crippen molar-refractivity contribution in [2.24, 2.45) is 7.05 Å². The molecule has 1 atom stereocenters. The molecule has 0 saturated carbocycles. The number of methoxy groups -OCH3 is 3. The van der Waals surface area contributed by atoms with Crippen LogP contribution in [0.4, 0.5) is 0 Å². The average Bonchev–Trinajstić information content (AvgIpc) is 3.59. The largest absolute Gasteiger partial charge is 0.496 e. The van der Waals surface area contributed by atoms with Gasteiger partial charge in [-0.3, -0.25) is 9.48 Å². The molecule has 204 valence electrons. The summed E-state index contributed by atoms with van der Waals surface area (Å²) in [6, 6.07) is 15.3. The lowest BCUT2D eigenvalue weighted by Gasteiger charge is -2.27. The van der Waals surface area contributed by atoms with Gasteiger partial charge >= 0.3 is 0 Å². The molecular weight excluding hydrogens is 496 g/mol. The predicted molar refractivity (Wildman–Crippen MR) is 148 cm³/mol. The Kier molecular flexibility index (Phi) is 7.70. The van der Waals surface area contributed by atoms with E-state index in [0.717, 1.165) is 35.0 Å². The molecule has 0 N–H and O–H groups in total. The summed E-state index contributed by atoms with van der Waals surface area (Å²) in [5.74, 6) is 1.88. The van der Waals surface area contributed by atoms with E-state index < -0.39 is 0 Å². The van der Waals surface area contributed by atoms with Gasteiger partial charge in [-0.2, -0.15) is 5.10 Å². The molecule has 9 heteroatoms. The molecule has 0 bridgehead atoms. The summed E-state index contributed by atoms with van der Waals surface area (Å²) in [4.78, 5) is 20.9. The first-order chi connectivity index (χ1) is 18.9. The van der Waals surface area contributed by atoms with Crippen molar-refractivity contribution in [3.05, 3.63) is 65.5 Å². The molecule has 1 fully saturated rings. The quantitative estimate of drug-likeness (QED) is 0.307. The molecule has 2 aromatic heterocycles. The van der Waals surface area contributed by atoms with E-state index in [1.165, 1.54) is 0 Å². The van der Waals surface area contributed by atoms with E-state index >= 15 is 0 Å². The smallest absolute Gasteiger partial charge is 0.272 e. The summed E-state index contributed by atoms with van der Waals surface area (Å²) in [6.07, 6.45) is 1.87. The number of amides is 1. The number of ether oxygens (including phenoxy) is 4. The lowest BCUT2D eigenvalue weighted by molar-refractivity contribution is 0.0499. The Bertz CT molecular complexity index is 1490. The molecule has 0 radical (unpaired) electrons. The van der Waals surface area contributed by atoms with Crippen LogP contribution in [0, 0.1) is 6.92 Å². The molecule has 1 amide bonds. The van der Waals surface area contributed by atoms with Crippen molar-refractivity contribution in [1.82, 2.24) is 19.7 Å². The Balaban J connectivity index is 1.68. The summed E-state index contributed by atoms with van der Waals surface area (Å²) in [6.45, 7) is 3.35. The van der Waals surface area contributed by atoms with E-state index in [0.29, 0.717) is 53.8 Å². The van der Waals surface area contributed by atoms with Crippen LogP contribution in [0.5, 0.6) is 17.2 Å². The molecule has 4 aromatic rings. The topological polar surface area (TPSA) is 87.9 Å². The van der Waals surface area contributed by atoms with Crippen molar-refractivity contribution in [3.63, 3.8) is 0 Å². The van der Waals surface area contributed by atoms with Crippen LogP contribution < -0.4 is 14.2 Å². The third kappa shape index (κ3) is 5.27. The third-order valence-corrected chi connectivity index (χ3v) is 7.11. The Morgan fingerprint density at radius 2 is 1.79 bits per heavy atom. The number of rotatable bonds is 9. The van der Waals surface area contributed by atoms with Gasteiger partial charge in [-0.25, -0.2) is 4.98 Å². The highest BCUT2D eigenvalue weighted by molar-refractivity contribution is 5.95. The van der Waals surface area contributed by atoms with Crippen LogP contribution in [0.1, 0.15) is 34.6 Å². The first kappa shape index (κ1) is 26.5. The van der Waals surface area contributed by atoms with Crippen LogP contribution in [0.2, 0.25) is 0 Å². The van der Waals surface area contributed by atoms with E-state index in [9.17, 15) is 4.79 Å². The average molecular weight is 531 g/mol. The standard InChI is InChI=1S/C30H34N4O5/c1-19-15-24(33(2)32-19)30(35)34(18-21-9-8-14-39-21)17-20-16-23-26(37-4)12-13-27(38-5)29(23)31-28(20)22-10-6-7-11-25(22)36-3/h6-7,10-13,15-16,21H,8-9,14,17-18H2,1-5H3/t21-/m1/s1. The maximum absolute atomic E-state index is 13.9. The molecule has 1 aliphatic rings. The molecular formula is C30H34N4O5. The summed E-state index contributed by atoms with van der Waals surface area (Å²) in [7, 11) is 6.69. The van der Waals surface area contributed by atoms with E-state index in [4.69, 9.17) is 23.9 Å². The van der Waals surface area contributed by atoms with Gasteiger partial charge in [-0.15, -0.1) is 0 Å². The van der Waals surface area contributed by atoms with E-state index in [-0.39, 0.29) is 12.0 Å². The predicted octanol–water partition coefficient (Wildman–Crippen LogP) is 4.79. The van der Waals surface area contributed by atoms with Crippen molar-refractivity contribution in [2.75, 3.05) is 34.5 Å². The molecule has 39 heavy (non-hydrogen) atoms. The van der Waals surface area contributed by atoms with Crippen molar-refractivity contribution < 1.29 is 23.7 Å². The van der Waals surface area contributed by atoms with Crippen molar-refractivity contribution in [2.45, 2.75) is 32.4 Å². The van der Waals surface area contributed by atoms with Gasteiger partial charge in [0.25, 0.3) is 5.91 Å². The highest BCUT2D eigenvalue weighted by Crippen LogP contribution is 2.38. The molecule has 0 spiro atoms. The number of aryl methyl sites for hydroxylation is 2. The van der Waals surface area contributed by atoms with Crippen molar-refractivity contribution >= 4 is 16.8 Å². The van der Waals surface area contributed by atoms with Crippen LogP contribution in [-0.2, 0) is 18.3 Å². The number of hydrogen-bond acceptors (Lipinski definition) is 7. The second-order valence-electron chi connectivity index (χ2n) is 9.68. The van der Waals surface area contributed by atoms with E-state index in [2.05, 4.69) is 5.10 Å². The Morgan fingerprint density at radius 1 is 1.05 bits per heavy atom. The van der Waals surface area contributed by atoms with Gasteiger partial charge in [0.2, 0.25) is 0 Å². The van der Waals surface area contributed by atoms with Crippen molar-refractivity contribution in [3.8, 4) is 28.5 Å². The van der Waals surface area contributed by atoms with Gasteiger partial charge < -0.3 is 23.8 Å². The summed E-state index contributed by atoms with van der Waals surface area (Å²) >= 11 is 0. The van der Waals surface area contributed by atoms with Gasteiger partial charge in [-0.1, -0.05) is 12.1 Å². The number of pyridine rings is 1. The SMILES string of the molecule is COc1ccccc1-c1nc2c(OC)ccc(OC)c2cc1CN(C[C@H]1CCCO1)C(=O)c1cc(C)nn1C. The van der Waals surface area contributed by atoms with E-state index in [1.807, 2.05) is 60.4 Å². The maximum Gasteiger partial charge on any atom is 0.272 e. The van der Waals surface area contributed by atoms with Crippen molar-refractivity contribution in [1.29, 1.82) is 0 Å². The zero-order valence-electron chi connectivity index (χ0n) is 23.1. The highest BCUT2D eigenvalue weighted by atomic mass is 16.5. The van der Waals surface area contributed by atoms with Crippen LogP contribution in [0.25, 0.3) is 22.2 Å². The van der Waals surface area contributed by atoms with E-state index in [1.54, 1.807) is 33.1 Å². The number of para-hydroxylation sites is 1. The fraction of sp³-hybridized carbons (Fsp3) is 0.367. The summed E-state index contributed by atoms with van der Waals surface area (Å²) < 4.78 is 24.6. The number of fused-ring (bicyclic) bond motifs is 1. The lowest BCUT2D eigenvalue weighted by Crippen LogP contribution is -2.38. The number of hydrogen-bond donors (Lipinski definition) is 0. The molecule has 1 saturated heterocycles. The number of carbonyl (C=O) groups excluding carboxylic acids is 1. The molecule has 9 nitrogen and oxygen atoms in total. The Labute approximate surface area is 228 Å². The Morgan fingerprint density at radius 3 is 2.46 bits per heavy atom. The van der Waals surface area contributed by atoms with Gasteiger partial charge in [0.1, 0.15) is 28.5 Å². The molecule has 3 heterocycles. The second kappa shape index (κ2) is 11.3. The van der Waals surface area contributed by atoms with Gasteiger partial charge in [0.15, 0.2) is 0 Å². The number of nitrogens with zero attached hydrogens (tertiary/aromatic N) is 4. The normalized spacial score (nSPS) is 14.9. The minimum Gasteiger partial charge on any atom is -0.496 e. The van der Waals surface area contributed by atoms with Crippen LogP contribution in [-0.4, -0.2) is 66.2 Å². The number of carbonyl (C=O) groups is 1. The third-order valence-electron chi connectivity index (χ3n) is 7.11. The van der Waals surface area contributed by atoms with Crippen LogP contribution >= 0.6 is 0 Å². The summed E-state index contributed by atoms with van der Waals surface area (Å²) in [5, 5.41) is 5.20. The number of aromatic nitrogens is 3. The maximum atomic E-state index is 13.9. The first-order valence-corrected chi connectivity index (χ1v) is 13.0. The fourth-order valence-corrected chi connectivity index (χ4v) is 5.22. The monoisotopic (exact) mass is 530 g/mol. The van der Waals surface area contributed by atoms with Gasteiger partial charge in [-0.05, 0) is 61.7 Å². The summed E-state index contributed by atoms with van der Waals surface area (Å²) in [5.41, 5.74) is 4.36.